The molecule has 0 atom stereocenters. The first kappa shape index (κ1) is 10.5. The van der Waals surface area contributed by atoms with Gasteiger partial charge in [-0.2, -0.15) is 5.26 Å². The van der Waals surface area contributed by atoms with E-state index in [1.165, 1.54) is 12.1 Å². The largest absolute Gasteiger partial charge is 0.478 e. The molecule has 0 saturated carbocycles. The molecule has 0 aliphatic carbocycles. The van der Waals surface area contributed by atoms with Gasteiger partial charge in [0.15, 0.2) is 0 Å². The van der Waals surface area contributed by atoms with Gasteiger partial charge in [0.2, 0.25) is 0 Å². The highest BCUT2D eigenvalue weighted by atomic mass is 35.5. The van der Waals surface area contributed by atoms with E-state index in [-0.39, 0.29) is 17.1 Å². The van der Waals surface area contributed by atoms with Crippen molar-refractivity contribution in [3.63, 3.8) is 0 Å². The van der Waals surface area contributed by atoms with Crippen LogP contribution < -0.4 is 5.73 Å². The van der Waals surface area contributed by atoms with Crippen LogP contribution in [0.2, 0.25) is 5.02 Å². The van der Waals surface area contributed by atoms with Crippen LogP contribution in [0, 0.1) is 11.3 Å². The Hall–Kier alpha value is -1.57. The Balaban J connectivity index is 3.39. The molecule has 0 amide bonds. The second-order valence-corrected chi connectivity index (χ2v) is 3.02. The molecule has 0 fully saturated rings. The lowest BCUT2D eigenvalue weighted by molar-refractivity contribution is 0.0697. The van der Waals surface area contributed by atoms with Crippen LogP contribution in [0.1, 0.15) is 21.5 Å². The molecule has 4 nitrogen and oxygen atoms in total. The fourth-order valence-electron chi connectivity index (χ4n) is 1.05. The molecular weight excluding hydrogens is 204 g/mol. The monoisotopic (exact) mass is 210 g/mol. The van der Waals surface area contributed by atoms with Gasteiger partial charge in [-0.05, 0) is 17.7 Å². The third-order valence-corrected chi connectivity index (χ3v) is 2.08. The number of carboxylic acids is 1. The molecular formula is C9H7ClN2O2. The number of nitriles is 1. The summed E-state index contributed by atoms with van der Waals surface area (Å²) in [6, 6.07) is 4.53. The minimum atomic E-state index is -1.13. The zero-order valence-electron chi connectivity index (χ0n) is 7.12. The van der Waals surface area contributed by atoms with Crippen molar-refractivity contribution in [3.8, 4) is 6.07 Å². The zero-order valence-corrected chi connectivity index (χ0v) is 7.88. The highest BCUT2D eigenvalue weighted by Crippen LogP contribution is 2.21. The maximum absolute atomic E-state index is 10.7. The van der Waals surface area contributed by atoms with E-state index in [4.69, 9.17) is 27.7 Å². The number of halogens is 1. The van der Waals surface area contributed by atoms with E-state index in [9.17, 15) is 4.79 Å². The fraction of sp³-hybridized carbons (Fsp3) is 0.111. The number of nitrogens with zero attached hydrogens (tertiary/aromatic N) is 1. The Labute approximate surface area is 85.5 Å². The van der Waals surface area contributed by atoms with Crippen molar-refractivity contribution in [3.05, 3.63) is 33.8 Å². The summed E-state index contributed by atoms with van der Waals surface area (Å²) in [5, 5.41) is 17.5. The predicted octanol–water partition coefficient (Wildman–Crippen LogP) is 1.37. The highest BCUT2D eigenvalue weighted by molar-refractivity contribution is 6.33. The van der Waals surface area contributed by atoms with Crippen LogP contribution in [-0.2, 0) is 6.54 Å². The van der Waals surface area contributed by atoms with Gasteiger partial charge in [0.25, 0.3) is 0 Å². The van der Waals surface area contributed by atoms with Crippen molar-refractivity contribution in [2.24, 2.45) is 5.73 Å². The summed E-state index contributed by atoms with van der Waals surface area (Å²) in [7, 11) is 0. The first-order valence-electron chi connectivity index (χ1n) is 3.76. The lowest BCUT2D eigenvalue weighted by atomic mass is 10.0. The maximum atomic E-state index is 10.7. The van der Waals surface area contributed by atoms with E-state index in [1.807, 2.05) is 6.07 Å². The Morgan fingerprint density at radius 2 is 2.29 bits per heavy atom. The average molecular weight is 211 g/mol. The average Bonchev–Trinajstić information content (AvgIpc) is 2.16. The van der Waals surface area contributed by atoms with Gasteiger partial charge in [-0.3, -0.25) is 0 Å². The van der Waals surface area contributed by atoms with E-state index in [2.05, 4.69) is 0 Å². The van der Waals surface area contributed by atoms with Crippen molar-refractivity contribution < 1.29 is 9.90 Å². The van der Waals surface area contributed by atoms with Gasteiger partial charge in [0.1, 0.15) is 0 Å². The predicted molar refractivity (Wildman–Crippen MR) is 51.0 cm³/mol. The van der Waals surface area contributed by atoms with Crippen LogP contribution in [0.5, 0.6) is 0 Å². The van der Waals surface area contributed by atoms with E-state index in [1.54, 1.807) is 0 Å². The number of aromatic carboxylic acids is 1. The minimum absolute atomic E-state index is 0.0360. The molecule has 0 heterocycles. The van der Waals surface area contributed by atoms with Crippen LogP contribution in [-0.4, -0.2) is 11.1 Å². The number of carboxylic acid groups (broad SMARTS) is 1. The number of rotatable bonds is 2. The SMILES string of the molecule is N#Cc1cc(Cl)c(C(=O)O)cc1CN. The first-order chi connectivity index (χ1) is 6.60. The topological polar surface area (TPSA) is 87.1 Å². The van der Waals surface area contributed by atoms with E-state index < -0.39 is 5.97 Å². The van der Waals surface area contributed by atoms with Gasteiger partial charge in [-0.1, -0.05) is 11.6 Å². The van der Waals surface area contributed by atoms with Crippen molar-refractivity contribution in [1.29, 1.82) is 5.26 Å². The van der Waals surface area contributed by atoms with Gasteiger partial charge in [0.05, 0.1) is 22.2 Å². The van der Waals surface area contributed by atoms with Gasteiger partial charge < -0.3 is 10.8 Å². The summed E-state index contributed by atoms with van der Waals surface area (Å²) in [6.45, 7) is 0.111. The molecule has 1 aromatic carbocycles. The van der Waals surface area contributed by atoms with Crippen LogP contribution in [0.15, 0.2) is 12.1 Å². The molecule has 1 rings (SSSR count). The van der Waals surface area contributed by atoms with Crippen molar-refractivity contribution in [1.82, 2.24) is 0 Å². The second kappa shape index (κ2) is 4.09. The first-order valence-corrected chi connectivity index (χ1v) is 4.13. The Kier molecular flexibility index (Phi) is 3.07. The lowest BCUT2D eigenvalue weighted by Gasteiger charge is -2.04. The molecule has 0 aliphatic heterocycles. The molecule has 72 valence electrons. The molecule has 5 heteroatoms. The number of benzene rings is 1. The molecule has 0 spiro atoms. The fourth-order valence-corrected chi connectivity index (χ4v) is 1.30. The summed E-state index contributed by atoms with van der Waals surface area (Å²) in [6.07, 6.45) is 0. The molecule has 0 aromatic heterocycles. The third-order valence-electron chi connectivity index (χ3n) is 1.76. The van der Waals surface area contributed by atoms with Gasteiger partial charge in [0, 0.05) is 6.54 Å². The van der Waals surface area contributed by atoms with Crippen molar-refractivity contribution >= 4 is 17.6 Å². The summed E-state index contributed by atoms with van der Waals surface area (Å²) < 4.78 is 0. The van der Waals surface area contributed by atoms with Crippen molar-refractivity contribution in [2.75, 3.05) is 0 Å². The molecule has 14 heavy (non-hydrogen) atoms. The van der Waals surface area contributed by atoms with Crippen LogP contribution >= 0.6 is 11.6 Å². The maximum Gasteiger partial charge on any atom is 0.337 e. The van der Waals surface area contributed by atoms with Gasteiger partial charge in [-0.15, -0.1) is 0 Å². The molecule has 0 radical (unpaired) electrons. The van der Waals surface area contributed by atoms with Crippen LogP contribution in [0.4, 0.5) is 0 Å². The Morgan fingerprint density at radius 1 is 1.64 bits per heavy atom. The second-order valence-electron chi connectivity index (χ2n) is 2.61. The van der Waals surface area contributed by atoms with E-state index in [0.717, 1.165) is 0 Å². The standard InChI is InChI=1S/C9H7ClN2O2/c10-8-2-6(4-12)5(3-11)1-7(8)9(13)14/h1-2H,3,11H2,(H,13,14). The summed E-state index contributed by atoms with van der Waals surface area (Å²) >= 11 is 5.66. The van der Waals surface area contributed by atoms with Crippen molar-refractivity contribution in [2.45, 2.75) is 6.54 Å². The summed E-state index contributed by atoms with van der Waals surface area (Å²) in [4.78, 5) is 10.7. The molecule has 0 saturated heterocycles. The number of hydrogen-bond donors (Lipinski definition) is 2. The van der Waals surface area contributed by atoms with Crippen LogP contribution in [0.25, 0.3) is 0 Å². The van der Waals surface area contributed by atoms with E-state index in [0.29, 0.717) is 11.1 Å². The van der Waals surface area contributed by atoms with Gasteiger partial charge in [-0.25, -0.2) is 4.79 Å². The Morgan fingerprint density at radius 3 is 2.71 bits per heavy atom. The normalized spacial score (nSPS) is 9.50. The number of carbonyl (C=O) groups is 1. The summed E-state index contributed by atoms with van der Waals surface area (Å²) in [5.41, 5.74) is 6.11. The molecule has 1 aromatic rings. The number of hydrogen-bond acceptors (Lipinski definition) is 3. The zero-order chi connectivity index (χ0) is 10.7. The third kappa shape index (κ3) is 1.84. The molecule has 3 N–H and O–H groups in total. The molecule has 0 bridgehead atoms. The summed E-state index contributed by atoms with van der Waals surface area (Å²) in [5.74, 6) is -1.13. The number of nitrogens with two attached hydrogens (primary N) is 1. The van der Waals surface area contributed by atoms with E-state index >= 15 is 0 Å². The quantitative estimate of drug-likeness (QED) is 0.772. The minimum Gasteiger partial charge on any atom is -0.478 e. The Bertz CT molecular complexity index is 424. The smallest absolute Gasteiger partial charge is 0.337 e. The molecule has 0 unspecified atom stereocenters. The lowest BCUT2D eigenvalue weighted by Crippen LogP contribution is -2.04. The highest BCUT2D eigenvalue weighted by Gasteiger charge is 2.12. The van der Waals surface area contributed by atoms with Crippen LogP contribution in [0.3, 0.4) is 0 Å². The molecule has 0 aliphatic rings. The van der Waals surface area contributed by atoms with Gasteiger partial charge >= 0.3 is 5.97 Å².